The lowest BCUT2D eigenvalue weighted by Gasteiger charge is -2.29. The van der Waals surface area contributed by atoms with Gasteiger partial charge in [0.2, 0.25) is 0 Å². The first-order chi connectivity index (χ1) is 13.0. The molecular weight excluding hydrogens is 375 g/mol. The summed E-state index contributed by atoms with van der Waals surface area (Å²) in [5.41, 5.74) is 0. The van der Waals surface area contributed by atoms with Gasteiger partial charge in [-0.05, 0) is 31.2 Å². The standard InChI is InChI=1S/C18H24F3N5S/c19-18(20,21)7-14-6-15-16(24-11-25-17(15)27-14)26-4-1-2-13(3-5-26)23-10-12-8-22-9-12/h6,11-13,22-23H,1-5,7-10H2. The summed E-state index contributed by atoms with van der Waals surface area (Å²) >= 11 is 1.11. The number of fused-ring (bicyclic) bond motifs is 1. The second-order valence-corrected chi connectivity index (χ2v) is 8.58. The Morgan fingerprint density at radius 1 is 1.22 bits per heavy atom. The highest BCUT2D eigenvalue weighted by Crippen LogP contribution is 2.34. The molecular formula is C18H24F3N5S. The summed E-state index contributed by atoms with van der Waals surface area (Å²) in [7, 11) is 0. The van der Waals surface area contributed by atoms with Crippen molar-refractivity contribution in [3.63, 3.8) is 0 Å². The molecule has 5 nitrogen and oxygen atoms in total. The van der Waals surface area contributed by atoms with Crippen molar-refractivity contribution in [3.05, 3.63) is 17.3 Å². The molecule has 0 bridgehead atoms. The molecule has 0 saturated carbocycles. The second kappa shape index (κ2) is 7.89. The summed E-state index contributed by atoms with van der Waals surface area (Å²) in [4.78, 5) is 11.7. The Hall–Kier alpha value is -1.45. The molecule has 0 radical (unpaired) electrons. The van der Waals surface area contributed by atoms with Crippen LogP contribution in [0.1, 0.15) is 24.1 Å². The van der Waals surface area contributed by atoms with E-state index in [4.69, 9.17) is 0 Å². The zero-order valence-corrected chi connectivity index (χ0v) is 15.9. The number of rotatable bonds is 5. The third-order valence-electron chi connectivity index (χ3n) is 5.32. The van der Waals surface area contributed by atoms with Crippen LogP contribution in [0.2, 0.25) is 0 Å². The fourth-order valence-electron chi connectivity index (χ4n) is 3.77. The van der Waals surface area contributed by atoms with Crippen molar-refractivity contribution in [2.24, 2.45) is 5.92 Å². The van der Waals surface area contributed by atoms with E-state index in [1.165, 1.54) is 6.33 Å². The van der Waals surface area contributed by atoms with E-state index >= 15 is 0 Å². The van der Waals surface area contributed by atoms with Gasteiger partial charge in [-0.15, -0.1) is 11.3 Å². The van der Waals surface area contributed by atoms with Gasteiger partial charge in [0, 0.05) is 43.6 Å². The van der Waals surface area contributed by atoms with E-state index in [9.17, 15) is 13.2 Å². The van der Waals surface area contributed by atoms with E-state index in [1.807, 2.05) is 0 Å². The maximum Gasteiger partial charge on any atom is 0.393 e. The summed E-state index contributed by atoms with van der Waals surface area (Å²) in [6.45, 7) is 4.99. The zero-order valence-electron chi connectivity index (χ0n) is 15.1. The normalized spacial score (nSPS) is 22.0. The van der Waals surface area contributed by atoms with Crippen LogP contribution >= 0.6 is 11.3 Å². The van der Waals surface area contributed by atoms with Gasteiger partial charge in [0.1, 0.15) is 17.0 Å². The molecule has 148 valence electrons. The van der Waals surface area contributed by atoms with Gasteiger partial charge in [0.15, 0.2) is 0 Å². The summed E-state index contributed by atoms with van der Waals surface area (Å²) in [5.74, 6) is 1.51. The van der Waals surface area contributed by atoms with Gasteiger partial charge in [-0.3, -0.25) is 0 Å². The molecule has 2 N–H and O–H groups in total. The highest BCUT2D eigenvalue weighted by Gasteiger charge is 2.29. The number of hydrogen-bond acceptors (Lipinski definition) is 6. The van der Waals surface area contributed by atoms with E-state index in [0.717, 1.165) is 80.4 Å². The third-order valence-corrected chi connectivity index (χ3v) is 6.37. The molecule has 0 spiro atoms. The highest BCUT2D eigenvalue weighted by atomic mass is 32.1. The number of thiophene rings is 1. The fourth-order valence-corrected chi connectivity index (χ4v) is 4.79. The van der Waals surface area contributed by atoms with E-state index in [1.54, 1.807) is 6.07 Å². The molecule has 0 aliphatic carbocycles. The SMILES string of the molecule is FC(F)(F)Cc1cc2c(N3CCCC(NCC4CNC4)CC3)ncnc2s1. The Bertz CT molecular complexity index is 774. The van der Waals surface area contributed by atoms with Crippen molar-refractivity contribution in [2.45, 2.75) is 37.9 Å². The number of anilines is 1. The Morgan fingerprint density at radius 2 is 2.07 bits per heavy atom. The van der Waals surface area contributed by atoms with Crippen LogP contribution in [0.5, 0.6) is 0 Å². The minimum atomic E-state index is -4.20. The van der Waals surface area contributed by atoms with Gasteiger partial charge in [-0.2, -0.15) is 13.2 Å². The molecule has 27 heavy (non-hydrogen) atoms. The first-order valence-corrected chi connectivity index (χ1v) is 10.3. The van der Waals surface area contributed by atoms with Gasteiger partial charge in [0.25, 0.3) is 0 Å². The molecule has 0 amide bonds. The van der Waals surface area contributed by atoms with Crippen molar-refractivity contribution >= 4 is 27.4 Å². The average Bonchev–Trinajstić information content (AvgIpc) is 2.80. The molecule has 2 aromatic heterocycles. The lowest BCUT2D eigenvalue weighted by molar-refractivity contribution is -0.126. The lowest BCUT2D eigenvalue weighted by Crippen LogP contribution is -2.49. The largest absolute Gasteiger partial charge is 0.393 e. The highest BCUT2D eigenvalue weighted by molar-refractivity contribution is 7.18. The minimum absolute atomic E-state index is 0.294. The monoisotopic (exact) mass is 399 g/mol. The topological polar surface area (TPSA) is 53.1 Å². The number of halogens is 3. The summed E-state index contributed by atoms with van der Waals surface area (Å²) < 4.78 is 38.2. The first kappa shape index (κ1) is 18.9. The second-order valence-electron chi connectivity index (χ2n) is 7.47. The van der Waals surface area contributed by atoms with Crippen LogP contribution in [0, 0.1) is 5.92 Å². The Balaban J connectivity index is 1.45. The van der Waals surface area contributed by atoms with Crippen LogP contribution in [0.4, 0.5) is 19.0 Å². The van der Waals surface area contributed by atoms with Crippen LogP contribution in [0.3, 0.4) is 0 Å². The Kier molecular flexibility index (Phi) is 5.52. The minimum Gasteiger partial charge on any atom is -0.356 e. The maximum atomic E-state index is 12.7. The smallest absolute Gasteiger partial charge is 0.356 e. The molecule has 0 aromatic carbocycles. The van der Waals surface area contributed by atoms with Crippen LogP contribution < -0.4 is 15.5 Å². The summed E-state index contributed by atoms with van der Waals surface area (Å²) in [6, 6.07) is 2.11. The van der Waals surface area contributed by atoms with Crippen molar-refractivity contribution in [1.82, 2.24) is 20.6 Å². The zero-order chi connectivity index (χ0) is 18.9. The summed E-state index contributed by atoms with van der Waals surface area (Å²) in [6.07, 6.45) is -0.457. The molecule has 4 rings (SSSR count). The van der Waals surface area contributed by atoms with Gasteiger partial charge < -0.3 is 15.5 Å². The van der Waals surface area contributed by atoms with Gasteiger partial charge >= 0.3 is 6.18 Å². The predicted octanol–water partition coefficient (Wildman–Crippen LogP) is 2.96. The van der Waals surface area contributed by atoms with E-state index in [-0.39, 0.29) is 0 Å². The summed E-state index contributed by atoms with van der Waals surface area (Å²) in [5, 5.41) is 7.72. The number of nitrogens with one attached hydrogen (secondary N) is 2. The molecule has 1 unspecified atom stereocenters. The van der Waals surface area contributed by atoms with Crippen LogP contribution in [-0.2, 0) is 6.42 Å². The van der Waals surface area contributed by atoms with E-state index < -0.39 is 12.6 Å². The van der Waals surface area contributed by atoms with Crippen molar-refractivity contribution in [3.8, 4) is 0 Å². The third kappa shape index (κ3) is 4.70. The van der Waals surface area contributed by atoms with E-state index in [2.05, 4.69) is 25.5 Å². The quantitative estimate of drug-likeness (QED) is 0.810. The molecule has 4 heterocycles. The molecule has 9 heteroatoms. The fraction of sp³-hybridized carbons (Fsp3) is 0.667. The van der Waals surface area contributed by atoms with Gasteiger partial charge in [-0.25, -0.2) is 9.97 Å². The first-order valence-electron chi connectivity index (χ1n) is 9.47. The maximum absolute atomic E-state index is 12.7. The molecule has 2 fully saturated rings. The Labute approximate surface area is 160 Å². The number of alkyl halides is 3. The van der Waals surface area contributed by atoms with Crippen LogP contribution in [-0.4, -0.2) is 54.9 Å². The molecule has 2 aliphatic heterocycles. The number of nitrogens with zero attached hydrogens (tertiary/aromatic N) is 3. The molecule has 2 aliphatic rings. The number of hydrogen-bond donors (Lipinski definition) is 2. The lowest BCUT2D eigenvalue weighted by atomic mass is 10.0. The average molecular weight is 399 g/mol. The molecule has 1 atom stereocenters. The van der Waals surface area contributed by atoms with Crippen molar-refractivity contribution in [1.29, 1.82) is 0 Å². The molecule has 2 aromatic rings. The van der Waals surface area contributed by atoms with Crippen LogP contribution in [0.15, 0.2) is 12.4 Å². The number of aromatic nitrogens is 2. The van der Waals surface area contributed by atoms with Gasteiger partial charge in [0.05, 0.1) is 11.8 Å². The van der Waals surface area contributed by atoms with E-state index in [0.29, 0.717) is 15.7 Å². The van der Waals surface area contributed by atoms with Gasteiger partial charge in [-0.1, -0.05) is 0 Å². The van der Waals surface area contributed by atoms with Crippen molar-refractivity contribution in [2.75, 3.05) is 37.6 Å². The van der Waals surface area contributed by atoms with Crippen molar-refractivity contribution < 1.29 is 13.2 Å². The predicted molar refractivity (Wildman–Crippen MR) is 101 cm³/mol. The molecule has 2 saturated heterocycles. The Morgan fingerprint density at radius 3 is 2.81 bits per heavy atom. The van der Waals surface area contributed by atoms with Crippen LogP contribution in [0.25, 0.3) is 10.2 Å².